The van der Waals surface area contributed by atoms with Crippen LogP contribution in [-0.4, -0.2) is 17.1 Å². The monoisotopic (exact) mass is 282 g/mol. The quantitative estimate of drug-likeness (QED) is 0.798. The molecule has 4 nitrogen and oxygen atoms in total. The molecule has 2 aromatic rings. The molecule has 1 amide bonds. The summed E-state index contributed by atoms with van der Waals surface area (Å²) in [5, 5.41) is 13.0. The predicted molar refractivity (Wildman–Crippen MR) is 80.4 cm³/mol. The molecule has 0 saturated carbocycles. The first-order chi connectivity index (χ1) is 10.2. The van der Waals surface area contributed by atoms with Crippen LogP contribution in [0.5, 0.6) is 0 Å². The highest BCUT2D eigenvalue weighted by Gasteiger charge is 2.33. The van der Waals surface area contributed by atoms with Crippen molar-refractivity contribution in [3.63, 3.8) is 0 Å². The third kappa shape index (κ3) is 2.68. The Balaban J connectivity index is 1.76. The van der Waals surface area contributed by atoms with Gasteiger partial charge in [0.15, 0.2) is 0 Å². The van der Waals surface area contributed by atoms with Crippen molar-refractivity contribution in [3.8, 4) is 0 Å². The molecule has 1 aliphatic carbocycles. The van der Waals surface area contributed by atoms with Crippen LogP contribution in [0.25, 0.3) is 0 Å². The highest BCUT2D eigenvalue weighted by atomic mass is 16.3. The maximum absolute atomic E-state index is 12.3. The Morgan fingerprint density at radius 2 is 1.81 bits per heavy atom. The van der Waals surface area contributed by atoms with E-state index >= 15 is 0 Å². The molecule has 1 aliphatic rings. The van der Waals surface area contributed by atoms with Gasteiger partial charge < -0.3 is 16.2 Å². The van der Waals surface area contributed by atoms with Gasteiger partial charge in [-0.05, 0) is 16.7 Å². The molecule has 0 aliphatic heterocycles. The van der Waals surface area contributed by atoms with Gasteiger partial charge in [0.2, 0.25) is 5.91 Å². The van der Waals surface area contributed by atoms with Crippen LogP contribution in [0, 0.1) is 0 Å². The molecule has 4 heteroatoms. The Labute approximate surface area is 123 Å². The first kappa shape index (κ1) is 13.8. The van der Waals surface area contributed by atoms with E-state index in [1.165, 1.54) is 0 Å². The molecule has 0 radical (unpaired) electrons. The lowest BCUT2D eigenvalue weighted by atomic mass is 10.0. The van der Waals surface area contributed by atoms with Crippen molar-refractivity contribution in [2.75, 3.05) is 0 Å². The van der Waals surface area contributed by atoms with Crippen molar-refractivity contribution in [2.24, 2.45) is 5.73 Å². The summed E-state index contributed by atoms with van der Waals surface area (Å²) in [5.74, 6) is -0.276. The smallest absolute Gasteiger partial charge is 0.242 e. The minimum Gasteiger partial charge on any atom is -0.390 e. The minimum atomic E-state index is -0.730. The number of aliphatic hydroxyl groups excluding tert-OH is 1. The number of aliphatic hydroxyl groups is 1. The summed E-state index contributed by atoms with van der Waals surface area (Å²) in [4.78, 5) is 12.3. The maximum atomic E-state index is 12.3. The largest absolute Gasteiger partial charge is 0.390 e. The average molecular weight is 282 g/mol. The minimum absolute atomic E-state index is 0.276. The van der Waals surface area contributed by atoms with Gasteiger partial charge in [0, 0.05) is 6.42 Å². The van der Waals surface area contributed by atoms with Gasteiger partial charge in [-0.2, -0.15) is 0 Å². The summed E-state index contributed by atoms with van der Waals surface area (Å²) < 4.78 is 0. The fourth-order valence-corrected chi connectivity index (χ4v) is 2.80. The second kappa shape index (κ2) is 5.68. The van der Waals surface area contributed by atoms with Crippen molar-refractivity contribution in [1.82, 2.24) is 5.32 Å². The van der Waals surface area contributed by atoms with Gasteiger partial charge in [0.05, 0.1) is 12.1 Å². The van der Waals surface area contributed by atoms with Crippen molar-refractivity contribution < 1.29 is 9.90 Å². The lowest BCUT2D eigenvalue weighted by molar-refractivity contribution is -0.124. The number of benzene rings is 2. The number of amides is 1. The van der Waals surface area contributed by atoms with Crippen LogP contribution >= 0.6 is 0 Å². The summed E-state index contributed by atoms with van der Waals surface area (Å²) >= 11 is 0. The van der Waals surface area contributed by atoms with E-state index in [1.807, 2.05) is 54.6 Å². The van der Waals surface area contributed by atoms with E-state index < -0.39 is 12.1 Å². The van der Waals surface area contributed by atoms with E-state index in [1.54, 1.807) is 0 Å². The molecule has 0 unspecified atom stereocenters. The number of fused-ring (bicyclic) bond motifs is 1. The number of nitrogens with one attached hydrogen (secondary N) is 1. The maximum Gasteiger partial charge on any atom is 0.242 e. The second-order valence-corrected chi connectivity index (χ2v) is 5.34. The van der Waals surface area contributed by atoms with Gasteiger partial charge in [-0.15, -0.1) is 0 Å². The van der Waals surface area contributed by atoms with Gasteiger partial charge in [-0.25, -0.2) is 0 Å². The van der Waals surface area contributed by atoms with Crippen LogP contribution in [0.15, 0.2) is 54.6 Å². The Morgan fingerprint density at radius 3 is 2.57 bits per heavy atom. The topological polar surface area (TPSA) is 75.4 Å². The normalized spacial score (nSPS) is 21.6. The van der Waals surface area contributed by atoms with Crippen molar-refractivity contribution in [2.45, 2.75) is 24.6 Å². The number of hydrogen-bond acceptors (Lipinski definition) is 3. The van der Waals surface area contributed by atoms with Gasteiger partial charge in [0.25, 0.3) is 0 Å². The lowest BCUT2D eigenvalue weighted by Crippen LogP contribution is -2.39. The number of nitrogens with two attached hydrogens (primary N) is 1. The standard InChI is InChI=1S/C17H18N2O2/c18-15(11-6-2-1-3-7-11)17(21)19-16-13-9-5-4-8-12(13)10-14(16)20/h1-9,14-16,20H,10,18H2,(H,19,21)/t14-,15+,16+/m1/s1. The van der Waals surface area contributed by atoms with Crippen LogP contribution in [0.1, 0.15) is 28.8 Å². The van der Waals surface area contributed by atoms with E-state index in [4.69, 9.17) is 5.73 Å². The Hall–Kier alpha value is -2.17. The summed E-state index contributed by atoms with van der Waals surface area (Å²) in [5.41, 5.74) is 8.79. The molecule has 0 fully saturated rings. The number of carbonyl (C=O) groups excluding carboxylic acids is 1. The van der Waals surface area contributed by atoms with Crippen LogP contribution in [0.4, 0.5) is 0 Å². The van der Waals surface area contributed by atoms with Crippen molar-refractivity contribution >= 4 is 5.91 Å². The number of carbonyl (C=O) groups is 1. The van der Waals surface area contributed by atoms with Crippen LogP contribution < -0.4 is 11.1 Å². The van der Waals surface area contributed by atoms with Crippen molar-refractivity contribution in [1.29, 1.82) is 0 Å². The first-order valence-corrected chi connectivity index (χ1v) is 7.03. The van der Waals surface area contributed by atoms with Crippen LogP contribution in [0.2, 0.25) is 0 Å². The molecule has 0 bridgehead atoms. The van der Waals surface area contributed by atoms with Crippen LogP contribution in [-0.2, 0) is 11.2 Å². The average Bonchev–Trinajstić information content (AvgIpc) is 2.83. The summed E-state index contributed by atoms with van der Waals surface area (Å²) in [6.45, 7) is 0. The highest BCUT2D eigenvalue weighted by Crippen LogP contribution is 2.31. The van der Waals surface area contributed by atoms with Gasteiger partial charge in [-0.1, -0.05) is 54.6 Å². The lowest BCUT2D eigenvalue weighted by Gasteiger charge is -2.20. The fourth-order valence-electron chi connectivity index (χ4n) is 2.80. The van der Waals surface area contributed by atoms with Gasteiger partial charge in [0.1, 0.15) is 6.04 Å². The van der Waals surface area contributed by atoms with E-state index in [9.17, 15) is 9.90 Å². The first-order valence-electron chi connectivity index (χ1n) is 7.03. The molecule has 21 heavy (non-hydrogen) atoms. The Kier molecular flexibility index (Phi) is 3.73. The molecule has 3 atom stereocenters. The molecule has 2 aromatic carbocycles. The third-order valence-electron chi connectivity index (χ3n) is 3.94. The highest BCUT2D eigenvalue weighted by molar-refractivity contribution is 5.83. The van der Waals surface area contributed by atoms with Gasteiger partial charge >= 0.3 is 0 Å². The SMILES string of the molecule is N[C@H](C(=O)N[C@H]1c2ccccc2C[C@H]1O)c1ccccc1. The van der Waals surface area contributed by atoms with Gasteiger partial charge in [-0.3, -0.25) is 4.79 Å². The molecule has 108 valence electrons. The Morgan fingerprint density at radius 1 is 1.14 bits per heavy atom. The molecule has 0 spiro atoms. The molecule has 3 rings (SSSR count). The second-order valence-electron chi connectivity index (χ2n) is 5.34. The van der Waals surface area contributed by atoms with Crippen LogP contribution in [0.3, 0.4) is 0 Å². The summed E-state index contributed by atoms with van der Waals surface area (Å²) in [7, 11) is 0. The number of hydrogen-bond donors (Lipinski definition) is 3. The Bertz CT molecular complexity index is 642. The van der Waals surface area contributed by atoms with E-state index in [0.717, 1.165) is 16.7 Å². The molecule has 0 aromatic heterocycles. The molecule has 0 saturated heterocycles. The summed E-state index contributed by atoms with van der Waals surface area (Å²) in [6.07, 6.45) is -0.0452. The van der Waals surface area contributed by atoms with E-state index in [2.05, 4.69) is 5.32 Å². The van der Waals surface area contributed by atoms with E-state index in [0.29, 0.717) is 6.42 Å². The molecular formula is C17H18N2O2. The molecular weight excluding hydrogens is 264 g/mol. The third-order valence-corrected chi connectivity index (χ3v) is 3.94. The molecule has 4 N–H and O–H groups in total. The predicted octanol–water partition coefficient (Wildman–Crippen LogP) is 1.46. The van der Waals surface area contributed by atoms with Crippen molar-refractivity contribution in [3.05, 3.63) is 71.3 Å². The summed E-state index contributed by atoms with van der Waals surface area (Å²) in [6, 6.07) is 15.9. The molecule has 0 heterocycles. The zero-order chi connectivity index (χ0) is 14.8. The zero-order valence-corrected chi connectivity index (χ0v) is 11.6. The fraction of sp³-hybridized carbons (Fsp3) is 0.235. The zero-order valence-electron chi connectivity index (χ0n) is 11.6. The van der Waals surface area contributed by atoms with E-state index in [-0.39, 0.29) is 11.9 Å². The number of rotatable bonds is 3.